The van der Waals surface area contributed by atoms with Gasteiger partial charge in [0.25, 0.3) is 11.5 Å². The van der Waals surface area contributed by atoms with Crippen LogP contribution in [-0.2, 0) is 11.3 Å². The average Bonchev–Trinajstić information content (AvgIpc) is 3.13. The lowest BCUT2D eigenvalue weighted by Gasteiger charge is -2.06. The number of rotatable bonds is 6. The van der Waals surface area contributed by atoms with Gasteiger partial charge in [-0.15, -0.1) is 0 Å². The third kappa shape index (κ3) is 4.52. The van der Waals surface area contributed by atoms with Crippen LogP contribution in [0.1, 0.15) is 33.6 Å². The standard InChI is InChI=1S/C20H18N2O5/c1-2-26-20(25)14-6-5-7-15(12-14)21-19(24)17-10-9-16(27-17)13-22-11-4-3-8-18(22)23/h3-12H,2,13H2,1H3,(H,21,24). The number of carbonyl (C=O) groups is 2. The first-order valence-corrected chi connectivity index (χ1v) is 8.39. The van der Waals surface area contributed by atoms with Crippen molar-refractivity contribution in [1.82, 2.24) is 4.57 Å². The minimum absolute atomic E-state index is 0.107. The molecule has 0 spiro atoms. The molecule has 7 nitrogen and oxygen atoms in total. The molecule has 1 amide bonds. The van der Waals surface area contributed by atoms with Gasteiger partial charge in [-0.25, -0.2) is 4.79 Å². The van der Waals surface area contributed by atoms with Crippen LogP contribution in [-0.4, -0.2) is 23.1 Å². The lowest BCUT2D eigenvalue weighted by atomic mass is 10.2. The van der Waals surface area contributed by atoms with Gasteiger partial charge in [-0.2, -0.15) is 0 Å². The van der Waals surface area contributed by atoms with E-state index in [9.17, 15) is 14.4 Å². The van der Waals surface area contributed by atoms with Gasteiger partial charge in [0, 0.05) is 18.0 Å². The SMILES string of the molecule is CCOC(=O)c1cccc(NC(=O)c2ccc(Cn3ccccc3=O)o2)c1. The number of hydrogen-bond acceptors (Lipinski definition) is 5. The number of amides is 1. The Bertz CT molecular complexity index is 1020. The number of pyridine rings is 1. The summed E-state index contributed by atoms with van der Waals surface area (Å²) in [6.07, 6.45) is 1.64. The Labute approximate surface area is 155 Å². The zero-order valence-electron chi connectivity index (χ0n) is 14.7. The van der Waals surface area contributed by atoms with Crippen LogP contribution in [0.3, 0.4) is 0 Å². The van der Waals surface area contributed by atoms with Crippen molar-refractivity contribution >= 4 is 17.6 Å². The first-order chi connectivity index (χ1) is 13.1. The number of aromatic nitrogens is 1. The highest BCUT2D eigenvalue weighted by Crippen LogP contribution is 2.15. The van der Waals surface area contributed by atoms with Gasteiger partial charge in [-0.05, 0) is 43.3 Å². The maximum Gasteiger partial charge on any atom is 0.338 e. The van der Waals surface area contributed by atoms with E-state index in [1.807, 2.05) is 0 Å². The molecule has 0 saturated carbocycles. The van der Waals surface area contributed by atoms with Gasteiger partial charge in [0.05, 0.1) is 18.7 Å². The molecule has 1 N–H and O–H groups in total. The van der Waals surface area contributed by atoms with Gasteiger partial charge < -0.3 is 19.0 Å². The number of esters is 1. The predicted molar refractivity (Wildman–Crippen MR) is 98.9 cm³/mol. The summed E-state index contributed by atoms with van der Waals surface area (Å²) in [6, 6.07) is 14.5. The van der Waals surface area contributed by atoms with Crippen LogP contribution in [0.4, 0.5) is 5.69 Å². The molecular weight excluding hydrogens is 348 g/mol. The van der Waals surface area contributed by atoms with Crippen molar-refractivity contribution < 1.29 is 18.7 Å². The molecule has 0 aliphatic carbocycles. The summed E-state index contributed by atoms with van der Waals surface area (Å²) < 4.78 is 11.9. The number of nitrogens with one attached hydrogen (secondary N) is 1. The molecule has 0 bridgehead atoms. The molecule has 0 aliphatic rings. The Hall–Kier alpha value is -3.61. The lowest BCUT2D eigenvalue weighted by molar-refractivity contribution is 0.0526. The molecule has 3 aromatic rings. The van der Waals surface area contributed by atoms with E-state index in [4.69, 9.17) is 9.15 Å². The van der Waals surface area contributed by atoms with Gasteiger partial charge in [0.2, 0.25) is 0 Å². The first-order valence-electron chi connectivity index (χ1n) is 8.39. The summed E-state index contributed by atoms with van der Waals surface area (Å²) in [5.74, 6) is -0.325. The van der Waals surface area contributed by atoms with E-state index in [0.29, 0.717) is 17.0 Å². The number of nitrogens with zero attached hydrogens (tertiary/aromatic N) is 1. The molecular formula is C20H18N2O5. The molecule has 3 rings (SSSR count). The van der Waals surface area contributed by atoms with E-state index in [2.05, 4.69) is 5.32 Å². The number of anilines is 1. The van der Waals surface area contributed by atoms with E-state index in [1.165, 1.54) is 22.8 Å². The van der Waals surface area contributed by atoms with E-state index in [-0.39, 0.29) is 24.5 Å². The molecule has 2 heterocycles. The monoisotopic (exact) mass is 366 g/mol. The molecule has 0 saturated heterocycles. The second kappa shape index (κ2) is 8.18. The molecule has 0 fully saturated rings. The summed E-state index contributed by atoms with van der Waals surface area (Å²) in [4.78, 5) is 35.9. The predicted octanol–water partition coefficient (Wildman–Crippen LogP) is 2.92. The smallest absolute Gasteiger partial charge is 0.338 e. The van der Waals surface area contributed by atoms with Crippen molar-refractivity contribution in [3.8, 4) is 0 Å². The normalized spacial score (nSPS) is 10.4. The third-order valence-corrected chi connectivity index (χ3v) is 3.74. The number of carbonyl (C=O) groups excluding carboxylic acids is 2. The molecule has 138 valence electrons. The summed E-state index contributed by atoms with van der Waals surface area (Å²) in [7, 11) is 0. The van der Waals surface area contributed by atoms with Crippen LogP contribution < -0.4 is 10.9 Å². The number of ether oxygens (including phenoxy) is 1. The quantitative estimate of drug-likeness (QED) is 0.678. The summed E-state index contributed by atoms with van der Waals surface area (Å²) in [5.41, 5.74) is 0.636. The summed E-state index contributed by atoms with van der Waals surface area (Å²) >= 11 is 0. The zero-order chi connectivity index (χ0) is 19.2. The lowest BCUT2D eigenvalue weighted by Crippen LogP contribution is -2.18. The van der Waals surface area contributed by atoms with E-state index < -0.39 is 11.9 Å². The van der Waals surface area contributed by atoms with Crippen LogP contribution in [0.5, 0.6) is 0 Å². The Kier molecular flexibility index (Phi) is 5.51. The Morgan fingerprint density at radius 2 is 1.96 bits per heavy atom. The molecule has 0 aliphatic heterocycles. The second-order valence-corrected chi connectivity index (χ2v) is 5.69. The average molecular weight is 366 g/mol. The second-order valence-electron chi connectivity index (χ2n) is 5.69. The van der Waals surface area contributed by atoms with Crippen molar-refractivity contribution in [3.05, 3.63) is 88.2 Å². The van der Waals surface area contributed by atoms with Gasteiger partial charge >= 0.3 is 5.97 Å². The molecule has 0 atom stereocenters. The fourth-order valence-electron chi connectivity index (χ4n) is 2.48. The van der Waals surface area contributed by atoms with Crippen molar-refractivity contribution in [3.63, 3.8) is 0 Å². The van der Waals surface area contributed by atoms with Gasteiger partial charge in [-0.3, -0.25) is 9.59 Å². The van der Waals surface area contributed by atoms with Crippen LogP contribution in [0, 0.1) is 0 Å². The fourth-order valence-corrected chi connectivity index (χ4v) is 2.48. The molecule has 27 heavy (non-hydrogen) atoms. The molecule has 1 aromatic carbocycles. The van der Waals surface area contributed by atoms with Crippen molar-refractivity contribution in [1.29, 1.82) is 0 Å². The molecule has 7 heteroatoms. The summed E-state index contributed by atoms with van der Waals surface area (Å²) in [5, 5.41) is 2.68. The topological polar surface area (TPSA) is 90.5 Å². The number of furan rings is 1. The van der Waals surface area contributed by atoms with E-state index in [0.717, 1.165) is 0 Å². The zero-order valence-corrected chi connectivity index (χ0v) is 14.7. The van der Waals surface area contributed by atoms with Crippen LogP contribution in [0.15, 0.2) is 70.0 Å². The molecule has 0 radical (unpaired) electrons. The number of hydrogen-bond donors (Lipinski definition) is 1. The van der Waals surface area contributed by atoms with Crippen molar-refractivity contribution in [2.75, 3.05) is 11.9 Å². The van der Waals surface area contributed by atoms with Gasteiger partial charge in [-0.1, -0.05) is 12.1 Å². The van der Waals surface area contributed by atoms with Crippen LogP contribution >= 0.6 is 0 Å². The molecule has 2 aromatic heterocycles. The Morgan fingerprint density at radius 3 is 2.74 bits per heavy atom. The van der Waals surface area contributed by atoms with Crippen molar-refractivity contribution in [2.24, 2.45) is 0 Å². The van der Waals surface area contributed by atoms with Crippen LogP contribution in [0.25, 0.3) is 0 Å². The maximum absolute atomic E-state index is 12.4. The maximum atomic E-state index is 12.4. The number of benzene rings is 1. The highest BCUT2D eigenvalue weighted by Gasteiger charge is 2.13. The highest BCUT2D eigenvalue weighted by atomic mass is 16.5. The minimum Gasteiger partial charge on any atom is -0.462 e. The van der Waals surface area contributed by atoms with Gasteiger partial charge in [0.15, 0.2) is 5.76 Å². The highest BCUT2D eigenvalue weighted by molar-refractivity contribution is 6.03. The third-order valence-electron chi connectivity index (χ3n) is 3.74. The summed E-state index contributed by atoms with van der Waals surface area (Å²) in [6.45, 7) is 2.22. The van der Waals surface area contributed by atoms with Crippen LogP contribution in [0.2, 0.25) is 0 Å². The minimum atomic E-state index is -0.456. The van der Waals surface area contributed by atoms with E-state index >= 15 is 0 Å². The Balaban J connectivity index is 1.70. The van der Waals surface area contributed by atoms with Gasteiger partial charge in [0.1, 0.15) is 5.76 Å². The molecule has 0 unspecified atom stereocenters. The van der Waals surface area contributed by atoms with Crippen molar-refractivity contribution in [2.45, 2.75) is 13.5 Å². The first kappa shape index (κ1) is 18.2. The fraction of sp³-hybridized carbons (Fsp3) is 0.150. The van der Waals surface area contributed by atoms with E-state index in [1.54, 1.807) is 49.5 Å². The largest absolute Gasteiger partial charge is 0.462 e. The Morgan fingerprint density at radius 1 is 1.11 bits per heavy atom.